The third kappa shape index (κ3) is 3.70. The van der Waals surface area contributed by atoms with Gasteiger partial charge in [0.05, 0.1) is 23.8 Å². The summed E-state index contributed by atoms with van der Waals surface area (Å²) >= 11 is 3.46. The lowest BCUT2D eigenvalue weighted by atomic mass is 10.1. The molecule has 1 fully saturated rings. The highest BCUT2D eigenvalue weighted by atomic mass is 79.9. The van der Waals surface area contributed by atoms with E-state index in [0.717, 1.165) is 53.8 Å². The van der Waals surface area contributed by atoms with Gasteiger partial charge >= 0.3 is 0 Å². The van der Waals surface area contributed by atoms with Crippen LogP contribution in [0.5, 0.6) is 0 Å². The molecule has 1 aliphatic rings. The molecule has 0 saturated carbocycles. The summed E-state index contributed by atoms with van der Waals surface area (Å²) < 4.78 is 1.01. The van der Waals surface area contributed by atoms with Crippen molar-refractivity contribution in [3.05, 3.63) is 28.9 Å². The van der Waals surface area contributed by atoms with Gasteiger partial charge < -0.3 is 15.3 Å². The second kappa shape index (κ2) is 6.68. The maximum Gasteiger partial charge on any atom is 0.145 e. The van der Waals surface area contributed by atoms with E-state index < -0.39 is 0 Å². The van der Waals surface area contributed by atoms with E-state index >= 15 is 0 Å². The molecule has 0 bridgehead atoms. The molecule has 2 N–H and O–H groups in total. The molecule has 2 aromatic rings. The van der Waals surface area contributed by atoms with Gasteiger partial charge in [0.1, 0.15) is 5.82 Å². The van der Waals surface area contributed by atoms with E-state index in [1.54, 1.807) is 6.20 Å². The molecule has 6 heteroatoms. The minimum Gasteiger partial charge on any atom is -0.395 e. The van der Waals surface area contributed by atoms with E-state index in [0.29, 0.717) is 6.04 Å². The molecule has 0 unspecified atom stereocenters. The van der Waals surface area contributed by atoms with Gasteiger partial charge in [-0.1, -0.05) is 15.9 Å². The third-order valence-electron chi connectivity index (χ3n) is 3.86. The number of likely N-dealkylation sites (tertiary alicyclic amines) is 1. The maximum absolute atomic E-state index is 8.96. The quantitative estimate of drug-likeness (QED) is 0.885. The molecule has 0 aliphatic carbocycles. The Bertz CT molecular complexity index is 614. The molecule has 1 aromatic heterocycles. The molecule has 0 radical (unpaired) electrons. The van der Waals surface area contributed by atoms with E-state index in [1.165, 1.54) is 0 Å². The number of piperidine rings is 1. The number of nitrogens with one attached hydrogen (secondary N) is 1. The highest BCUT2D eigenvalue weighted by molar-refractivity contribution is 9.10. The van der Waals surface area contributed by atoms with Crippen molar-refractivity contribution in [3.63, 3.8) is 0 Å². The van der Waals surface area contributed by atoms with Crippen LogP contribution in [0, 0.1) is 0 Å². The van der Waals surface area contributed by atoms with Crippen LogP contribution in [0.4, 0.5) is 5.82 Å². The molecule has 1 saturated heterocycles. The Labute approximate surface area is 132 Å². The van der Waals surface area contributed by atoms with Crippen LogP contribution in [0.1, 0.15) is 12.8 Å². The molecule has 3 rings (SSSR count). The number of anilines is 1. The summed E-state index contributed by atoms with van der Waals surface area (Å²) in [5.74, 6) is 0.834. The fraction of sp³-hybridized carbons (Fsp3) is 0.467. The van der Waals surface area contributed by atoms with Crippen LogP contribution in [0.15, 0.2) is 28.9 Å². The highest BCUT2D eigenvalue weighted by Gasteiger charge is 2.18. The zero-order chi connectivity index (χ0) is 14.7. The van der Waals surface area contributed by atoms with Crippen LogP contribution < -0.4 is 5.32 Å². The minimum atomic E-state index is 0.239. The number of benzene rings is 1. The number of hydrogen-bond acceptors (Lipinski definition) is 5. The average Bonchev–Trinajstić information content (AvgIpc) is 2.49. The summed E-state index contributed by atoms with van der Waals surface area (Å²) in [6.45, 7) is 3.05. The molecule has 21 heavy (non-hydrogen) atoms. The number of halogens is 1. The normalized spacial score (nSPS) is 17.2. The van der Waals surface area contributed by atoms with E-state index in [1.807, 2.05) is 18.2 Å². The standard InChI is InChI=1S/C15H19BrN4O/c16-11-1-2-13-14(9-11)19-15(10-17-13)18-12-3-5-20(6-4-12)7-8-21/h1-2,9-10,12,21H,3-8H2,(H,18,19). The molecule has 0 amide bonds. The monoisotopic (exact) mass is 350 g/mol. The minimum absolute atomic E-state index is 0.239. The number of rotatable bonds is 4. The second-order valence-corrected chi connectivity index (χ2v) is 6.29. The van der Waals surface area contributed by atoms with Gasteiger partial charge in [-0.2, -0.15) is 0 Å². The molecule has 1 aliphatic heterocycles. The molecule has 0 atom stereocenters. The molecular formula is C15H19BrN4O. The maximum atomic E-state index is 8.96. The summed E-state index contributed by atoms with van der Waals surface area (Å²) in [5, 5.41) is 12.4. The van der Waals surface area contributed by atoms with Crippen LogP contribution >= 0.6 is 15.9 Å². The number of nitrogens with zero attached hydrogens (tertiary/aromatic N) is 3. The molecule has 112 valence electrons. The van der Waals surface area contributed by atoms with Gasteiger partial charge in [-0.3, -0.25) is 4.98 Å². The van der Waals surface area contributed by atoms with Crippen molar-refractivity contribution < 1.29 is 5.11 Å². The lowest BCUT2D eigenvalue weighted by Gasteiger charge is -2.32. The lowest BCUT2D eigenvalue weighted by Crippen LogP contribution is -2.40. The number of hydrogen-bond donors (Lipinski definition) is 2. The van der Waals surface area contributed by atoms with E-state index in [9.17, 15) is 0 Å². The first-order valence-corrected chi connectivity index (χ1v) is 8.06. The zero-order valence-corrected chi connectivity index (χ0v) is 13.4. The Kier molecular flexibility index (Phi) is 4.67. The Balaban J connectivity index is 1.65. The average molecular weight is 351 g/mol. The van der Waals surface area contributed by atoms with E-state index in [2.05, 4.69) is 36.1 Å². The van der Waals surface area contributed by atoms with Crippen molar-refractivity contribution in [1.29, 1.82) is 0 Å². The third-order valence-corrected chi connectivity index (χ3v) is 4.35. The van der Waals surface area contributed by atoms with Crippen LogP contribution in [-0.2, 0) is 0 Å². The summed E-state index contributed by atoms with van der Waals surface area (Å²) in [6, 6.07) is 6.35. The van der Waals surface area contributed by atoms with Gasteiger partial charge in [0.15, 0.2) is 0 Å². The van der Waals surface area contributed by atoms with Crippen LogP contribution in [-0.4, -0.2) is 52.3 Å². The first-order chi connectivity index (χ1) is 10.2. The number of aromatic nitrogens is 2. The fourth-order valence-corrected chi connectivity index (χ4v) is 3.05. The number of aliphatic hydroxyl groups is 1. The number of β-amino-alcohol motifs (C(OH)–C–C–N with tert-alkyl or cyclic N) is 1. The summed E-state index contributed by atoms with van der Waals surface area (Å²) in [4.78, 5) is 11.4. The first kappa shape index (κ1) is 14.7. The molecule has 0 spiro atoms. The van der Waals surface area contributed by atoms with Crippen LogP contribution in [0.2, 0.25) is 0 Å². The largest absolute Gasteiger partial charge is 0.395 e. The van der Waals surface area contributed by atoms with Crippen LogP contribution in [0.25, 0.3) is 11.0 Å². The second-order valence-electron chi connectivity index (χ2n) is 5.37. The Hall–Kier alpha value is -1.24. The Morgan fingerprint density at radius 2 is 2.10 bits per heavy atom. The smallest absolute Gasteiger partial charge is 0.145 e. The molecule has 1 aromatic carbocycles. The van der Waals surface area contributed by atoms with Crippen molar-refractivity contribution in [2.45, 2.75) is 18.9 Å². The van der Waals surface area contributed by atoms with Gasteiger partial charge in [-0.05, 0) is 31.0 Å². The van der Waals surface area contributed by atoms with Crippen molar-refractivity contribution in [2.24, 2.45) is 0 Å². The predicted octanol–water partition coefficient (Wildman–Crippen LogP) is 2.26. The van der Waals surface area contributed by atoms with Crippen molar-refractivity contribution in [3.8, 4) is 0 Å². The zero-order valence-electron chi connectivity index (χ0n) is 11.8. The van der Waals surface area contributed by atoms with Gasteiger partial charge in [-0.25, -0.2) is 4.98 Å². The first-order valence-electron chi connectivity index (χ1n) is 7.26. The lowest BCUT2D eigenvalue weighted by molar-refractivity contribution is 0.168. The number of aliphatic hydroxyl groups excluding tert-OH is 1. The van der Waals surface area contributed by atoms with Crippen molar-refractivity contribution in [1.82, 2.24) is 14.9 Å². The Morgan fingerprint density at radius 3 is 2.86 bits per heavy atom. The highest BCUT2D eigenvalue weighted by Crippen LogP contribution is 2.19. The molecule has 2 heterocycles. The van der Waals surface area contributed by atoms with Crippen molar-refractivity contribution >= 4 is 32.8 Å². The summed E-state index contributed by atoms with van der Waals surface area (Å²) in [7, 11) is 0. The van der Waals surface area contributed by atoms with Crippen LogP contribution in [0.3, 0.4) is 0 Å². The van der Waals surface area contributed by atoms with Gasteiger partial charge in [0.2, 0.25) is 0 Å². The topological polar surface area (TPSA) is 61.3 Å². The molecular weight excluding hydrogens is 332 g/mol. The van der Waals surface area contributed by atoms with E-state index in [-0.39, 0.29) is 6.61 Å². The van der Waals surface area contributed by atoms with Crippen molar-refractivity contribution in [2.75, 3.05) is 31.6 Å². The van der Waals surface area contributed by atoms with Gasteiger partial charge in [0.25, 0.3) is 0 Å². The summed E-state index contributed by atoms with van der Waals surface area (Å²) in [6.07, 6.45) is 3.94. The summed E-state index contributed by atoms with van der Waals surface area (Å²) in [5.41, 5.74) is 1.80. The SMILES string of the molecule is OCCN1CCC(Nc2cnc3ccc(Br)cc3n2)CC1. The van der Waals surface area contributed by atoms with E-state index in [4.69, 9.17) is 5.11 Å². The fourth-order valence-electron chi connectivity index (χ4n) is 2.71. The van der Waals surface area contributed by atoms with Gasteiger partial charge in [0, 0.05) is 30.1 Å². The molecule has 5 nitrogen and oxygen atoms in total. The predicted molar refractivity (Wildman–Crippen MR) is 87.4 cm³/mol. The van der Waals surface area contributed by atoms with Gasteiger partial charge in [-0.15, -0.1) is 0 Å². The number of fused-ring (bicyclic) bond motifs is 1. The Morgan fingerprint density at radius 1 is 1.29 bits per heavy atom.